The molecule has 1 aliphatic rings. The second-order valence-corrected chi connectivity index (χ2v) is 8.83. The topological polar surface area (TPSA) is 102 Å². The molecule has 1 fully saturated rings. The molecule has 4 heterocycles. The Balaban J connectivity index is 1.22. The first-order chi connectivity index (χ1) is 16.8. The summed E-state index contributed by atoms with van der Waals surface area (Å²) in [6, 6.07) is 15.7. The number of thioether (sulfide) groups is 1. The van der Waals surface area contributed by atoms with Crippen LogP contribution in [0.25, 0.3) is 17.1 Å². The number of nitrogens with zero attached hydrogens (tertiary/aromatic N) is 7. The van der Waals surface area contributed by atoms with Gasteiger partial charge in [-0.25, -0.2) is 9.97 Å². The van der Waals surface area contributed by atoms with Gasteiger partial charge in [-0.1, -0.05) is 30.0 Å². The number of para-hydroxylation sites is 1. The Bertz CT molecular complexity index is 1210. The first-order valence-electron chi connectivity index (χ1n) is 11.1. The smallest absolute Gasteiger partial charge is 0.230 e. The van der Waals surface area contributed by atoms with Crippen molar-refractivity contribution in [1.82, 2.24) is 35.0 Å². The molecule has 4 aromatic rings. The molecule has 0 aliphatic carbocycles. The molecule has 1 aliphatic heterocycles. The van der Waals surface area contributed by atoms with Crippen molar-refractivity contribution >= 4 is 23.6 Å². The van der Waals surface area contributed by atoms with E-state index in [2.05, 4.69) is 35.4 Å². The van der Waals surface area contributed by atoms with Gasteiger partial charge in [0.05, 0.1) is 5.75 Å². The molecule has 34 heavy (non-hydrogen) atoms. The number of piperidine rings is 1. The Kier molecular flexibility index (Phi) is 6.76. The van der Waals surface area contributed by atoms with E-state index in [4.69, 9.17) is 0 Å². The summed E-state index contributed by atoms with van der Waals surface area (Å²) in [6.07, 6.45) is 8.71. The summed E-state index contributed by atoms with van der Waals surface area (Å²) in [7, 11) is 0. The Morgan fingerprint density at radius 3 is 2.50 bits per heavy atom. The minimum absolute atomic E-state index is 0.00931. The zero-order valence-electron chi connectivity index (χ0n) is 18.5. The van der Waals surface area contributed by atoms with Gasteiger partial charge in [0.25, 0.3) is 0 Å². The minimum Gasteiger partial charge on any atom is -0.353 e. The number of rotatable bonds is 7. The number of carbonyl (C=O) groups excluding carboxylic acids is 1. The van der Waals surface area contributed by atoms with Crippen molar-refractivity contribution in [3.63, 3.8) is 0 Å². The summed E-state index contributed by atoms with van der Waals surface area (Å²) < 4.78 is 1.97. The molecule has 9 nitrogen and oxygen atoms in total. The van der Waals surface area contributed by atoms with Crippen LogP contribution in [0.4, 0.5) is 5.95 Å². The molecule has 3 aromatic heterocycles. The Labute approximate surface area is 201 Å². The molecular weight excluding hydrogens is 448 g/mol. The number of amides is 1. The van der Waals surface area contributed by atoms with Crippen LogP contribution < -0.4 is 10.2 Å². The van der Waals surface area contributed by atoms with Crippen molar-refractivity contribution in [3.05, 3.63) is 73.3 Å². The van der Waals surface area contributed by atoms with E-state index in [0.29, 0.717) is 11.0 Å². The van der Waals surface area contributed by atoms with E-state index in [1.807, 2.05) is 53.1 Å². The van der Waals surface area contributed by atoms with Crippen LogP contribution in [-0.4, -0.2) is 60.5 Å². The van der Waals surface area contributed by atoms with E-state index in [9.17, 15) is 4.79 Å². The highest BCUT2D eigenvalue weighted by Gasteiger charge is 2.23. The fourth-order valence-electron chi connectivity index (χ4n) is 3.93. The minimum atomic E-state index is -0.00931. The van der Waals surface area contributed by atoms with Crippen LogP contribution in [0.5, 0.6) is 0 Å². The first-order valence-corrected chi connectivity index (χ1v) is 12.1. The second kappa shape index (κ2) is 10.4. The Hall–Kier alpha value is -3.79. The van der Waals surface area contributed by atoms with E-state index in [1.165, 1.54) is 11.8 Å². The number of anilines is 1. The molecule has 0 bridgehead atoms. The van der Waals surface area contributed by atoms with Gasteiger partial charge in [-0.2, -0.15) is 0 Å². The average molecular weight is 473 g/mol. The molecule has 172 valence electrons. The van der Waals surface area contributed by atoms with Crippen molar-refractivity contribution in [2.24, 2.45) is 0 Å². The lowest BCUT2D eigenvalue weighted by molar-refractivity contribution is -0.119. The van der Waals surface area contributed by atoms with E-state index >= 15 is 0 Å². The highest BCUT2D eigenvalue weighted by Crippen LogP contribution is 2.27. The van der Waals surface area contributed by atoms with Gasteiger partial charge in [-0.3, -0.25) is 14.3 Å². The molecule has 0 unspecified atom stereocenters. The lowest BCUT2D eigenvalue weighted by Crippen LogP contribution is -2.45. The monoisotopic (exact) mass is 472 g/mol. The number of hydrogen-bond acceptors (Lipinski definition) is 8. The Morgan fingerprint density at radius 1 is 0.971 bits per heavy atom. The van der Waals surface area contributed by atoms with Gasteiger partial charge in [0, 0.05) is 55.2 Å². The van der Waals surface area contributed by atoms with Gasteiger partial charge in [0.1, 0.15) is 0 Å². The predicted octanol–water partition coefficient (Wildman–Crippen LogP) is 3.00. The van der Waals surface area contributed by atoms with Gasteiger partial charge < -0.3 is 10.2 Å². The summed E-state index contributed by atoms with van der Waals surface area (Å²) in [4.78, 5) is 27.7. The van der Waals surface area contributed by atoms with Crippen molar-refractivity contribution in [2.75, 3.05) is 23.7 Å². The zero-order chi connectivity index (χ0) is 23.2. The summed E-state index contributed by atoms with van der Waals surface area (Å²) in [5, 5.41) is 12.6. The second-order valence-electron chi connectivity index (χ2n) is 7.89. The van der Waals surface area contributed by atoms with Crippen LogP contribution in [0.3, 0.4) is 0 Å². The van der Waals surface area contributed by atoms with E-state index in [1.54, 1.807) is 24.8 Å². The maximum Gasteiger partial charge on any atom is 0.230 e. The number of benzene rings is 1. The number of aromatic nitrogens is 6. The van der Waals surface area contributed by atoms with Crippen LogP contribution in [0.1, 0.15) is 12.8 Å². The van der Waals surface area contributed by atoms with Crippen molar-refractivity contribution < 1.29 is 4.79 Å². The van der Waals surface area contributed by atoms with E-state index in [-0.39, 0.29) is 17.7 Å². The molecule has 1 aromatic carbocycles. The van der Waals surface area contributed by atoms with Crippen LogP contribution in [0, 0.1) is 0 Å². The molecule has 1 amide bonds. The van der Waals surface area contributed by atoms with Crippen LogP contribution >= 0.6 is 11.8 Å². The van der Waals surface area contributed by atoms with Crippen molar-refractivity contribution in [2.45, 2.75) is 24.0 Å². The summed E-state index contributed by atoms with van der Waals surface area (Å²) in [5.41, 5.74) is 1.80. The molecule has 0 radical (unpaired) electrons. The summed E-state index contributed by atoms with van der Waals surface area (Å²) in [6.45, 7) is 1.64. The highest BCUT2D eigenvalue weighted by molar-refractivity contribution is 7.99. The molecule has 1 saturated heterocycles. The number of nitrogens with one attached hydrogen (secondary N) is 1. The third-order valence-electron chi connectivity index (χ3n) is 5.59. The lowest BCUT2D eigenvalue weighted by Gasteiger charge is -2.32. The van der Waals surface area contributed by atoms with Crippen LogP contribution in [-0.2, 0) is 4.79 Å². The van der Waals surface area contributed by atoms with Crippen molar-refractivity contribution in [1.29, 1.82) is 0 Å². The SMILES string of the molecule is O=C(CSc1nnc(-c2cccnc2)n1-c1ccccc1)NC1CCN(c2ncccn2)CC1. The standard InChI is InChI=1S/C24H24N8OS/c33-21(28-19-9-14-31(15-10-19)23-26-12-5-13-27-23)17-34-24-30-29-22(18-6-4-11-25-16-18)32(24)20-7-2-1-3-8-20/h1-8,11-13,16,19H,9-10,14-15,17H2,(H,28,33). The van der Waals surface area contributed by atoms with E-state index < -0.39 is 0 Å². The number of hydrogen-bond donors (Lipinski definition) is 1. The van der Waals surface area contributed by atoms with Gasteiger partial charge in [0.2, 0.25) is 11.9 Å². The fraction of sp³-hybridized carbons (Fsp3) is 0.250. The van der Waals surface area contributed by atoms with Crippen LogP contribution in [0.15, 0.2) is 78.5 Å². The maximum absolute atomic E-state index is 12.7. The Morgan fingerprint density at radius 2 is 1.76 bits per heavy atom. The molecule has 1 N–H and O–H groups in total. The molecule has 5 rings (SSSR count). The summed E-state index contributed by atoms with van der Waals surface area (Å²) in [5.74, 6) is 1.69. The maximum atomic E-state index is 12.7. The number of pyridine rings is 1. The third-order valence-corrected chi connectivity index (χ3v) is 6.52. The fourth-order valence-corrected chi connectivity index (χ4v) is 4.70. The molecule has 0 spiro atoms. The van der Waals surface area contributed by atoms with Gasteiger partial charge in [0.15, 0.2) is 11.0 Å². The van der Waals surface area contributed by atoms with Gasteiger partial charge in [-0.05, 0) is 43.2 Å². The normalized spacial score (nSPS) is 14.2. The molecule has 0 atom stereocenters. The third kappa shape index (κ3) is 5.07. The van der Waals surface area contributed by atoms with Gasteiger partial charge >= 0.3 is 0 Å². The lowest BCUT2D eigenvalue weighted by atomic mass is 10.1. The summed E-state index contributed by atoms with van der Waals surface area (Å²) >= 11 is 1.38. The average Bonchev–Trinajstić information content (AvgIpc) is 3.33. The van der Waals surface area contributed by atoms with Crippen LogP contribution in [0.2, 0.25) is 0 Å². The largest absolute Gasteiger partial charge is 0.353 e. The first kappa shape index (κ1) is 22.0. The zero-order valence-corrected chi connectivity index (χ0v) is 19.3. The molecular formula is C24H24N8OS. The van der Waals surface area contributed by atoms with Gasteiger partial charge in [-0.15, -0.1) is 10.2 Å². The number of carbonyl (C=O) groups is 1. The van der Waals surface area contributed by atoms with E-state index in [0.717, 1.165) is 43.1 Å². The predicted molar refractivity (Wildman–Crippen MR) is 131 cm³/mol. The quantitative estimate of drug-likeness (QED) is 0.410. The molecule has 10 heteroatoms. The van der Waals surface area contributed by atoms with Crippen molar-refractivity contribution in [3.8, 4) is 17.1 Å². The highest BCUT2D eigenvalue weighted by atomic mass is 32.2. The molecule has 0 saturated carbocycles.